The molecule has 0 aromatic heterocycles. The Balaban J connectivity index is 2.34. The van der Waals surface area contributed by atoms with Crippen molar-refractivity contribution in [1.82, 2.24) is 4.90 Å². The first kappa shape index (κ1) is 10.4. The first-order valence-corrected chi connectivity index (χ1v) is 5.45. The average molecular weight is 201 g/mol. The second kappa shape index (κ2) is 5.17. The van der Waals surface area contributed by atoms with Crippen molar-refractivity contribution in [2.45, 2.75) is 12.5 Å². The molecule has 1 heterocycles. The Hall–Kier alpha value is -0.640. The minimum Gasteiger partial charge on any atom is -0.466 e. The van der Waals surface area contributed by atoms with Crippen LogP contribution >= 0.6 is 11.8 Å². The number of ether oxygens (including phenoxy) is 1. The van der Waals surface area contributed by atoms with Gasteiger partial charge in [-0.2, -0.15) is 11.8 Å². The molecule has 1 fully saturated rings. The highest BCUT2D eigenvalue weighted by atomic mass is 32.2. The van der Waals surface area contributed by atoms with Crippen molar-refractivity contribution in [2.75, 3.05) is 25.7 Å². The summed E-state index contributed by atoms with van der Waals surface area (Å²) in [5.41, 5.74) is 0. The molecule has 1 atom stereocenters. The number of carbonyl (C=O) groups excluding carboxylic acids is 1. The molecule has 0 aliphatic carbocycles. The van der Waals surface area contributed by atoms with E-state index in [-0.39, 0.29) is 5.97 Å². The second-order valence-electron chi connectivity index (χ2n) is 3.02. The summed E-state index contributed by atoms with van der Waals surface area (Å²) in [6, 6.07) is 0.575. The van der Waals surface area contributed by atoms with Crippen LogP contribution in [0.2, 0.25) is 0 Å². The lowest BCUT2D eigenvalue weighted by Gasteiger charge is -2.20. The van der Waals surface area contributed by atoms with Crippen molar-refractivity contribution in [3.8, 4) is 0 Å². The molecule has 13 heavy (non-hydrogen) atoms. The van der Waals surface area contributed by atoms with Crippen LogP contribution in [0.4, 0.5) is 0 Å². The van der Waals surface area contributed by atoms with Crippen LogP contribution in [0, 0.1) is 0 Å². The monoisotopic (exact) mass is 201 g/mol. The van der Waals surface area contributed by atoms with Gasteiger partial charge in [-0.3, -0.25) is 0 Å². The molecule has 1 aliphatic heterocycles. The van der Waals surface area contributed by atoms with Crippen LogP contribution in [-0.4, -0.2) is 42.6 Å². The maximum atomic E-state index is 10.8. The van der Waals surface area contributed by atoms with Gasteiger partial charge in [0.05, 0.1) is 7.11 Å². The van der Waals surface area contributed by atoms with E-state index in [1.165, 1.54) is 25.4 Å². The molecule has 0 aromatic rings. The van der Waals surface area contributed by atoms with Gasteiger partial charge in [0.25, 0.3) is 0 Å². The van der Waals surface area contributed by atoms with Gasteiger partial charge in [-0.15, -0.1) is 0 Å². The van der Waals surface area contributed by atoms with Gasteiger partial charge in [0.1, 0.15) is 0 Å². The molecule has 3 nitrogen and oxygen atoms in total. The minimum atomic E-state index is -0.294. The molecule has 0 radical (unpaired) electrons. The van der Waals surface area contributed by atoms with Crippen LogP contribution < -0.4 is 0 Å². The second-order valence-corrected chi connectivity index (χ2v) is 4.17. The fourth-order valence-corrected chi connectivity index (χ4v) is 2.49. The molecule has 0 amide bonds. The van der Waals surface area contributed by atoms with Gasteiger partial charge in [-0.25, -0.2) is 4.79 Å². The van der Waals surface area contributed by atoms with Crippen molar-refractivity contribution < 1.29 is 9.53 Å². The SMILES string of the molecule is COC(=O)C=CN(C)C1CCSC1. The molecule has 0 bridgehead atoms. The standard InChI is InChI=1S/C9H15NO2S/c1-10(5-3-9(11)12-2)8-4-6-13-7-8/h3,5,8H,4,6-7H2,1-2H3. The van der Waals surface area contributed by atoms with E-state index < -0.39 is 0 Å². The van der Waals surface area contributed by atoms with Crippen molar-refractivity contribution in [1.29, 1.82) is 0 Å². The Bertz CT molecular complexity index is 200. The third-order valence-electron chi connectivity index (χ3n) is 2.13. The van der Waals surface area contributed by atoms with Crippen LogP contribution in [-0.2, 0) is 9.53 Å². The van der Waals surface area contributed by atoms with Gasteiger partial charge in [-0.1, -0.05) is 0 Å². The molecular formula is C9H15NO2S. The number of rotatable bonds is 3. The third kappa shape index (κ3) is 3.30. The lowest BCUT2D eigenvalue weighted by Crippen LogP contribution is -2.26. The van der Waals surface area contributed by atoms with Crippen molar-refractivity contribution in [3.05, 3.63) is 12.3 Å². The topological polar surface area (TPSA) is 29.5 Å². The molecule has 1 saturated heterocycles. The number of methoxy groups -OCH3 is 1. The Morgan fingerprint density at radius 3 is 3.00 bits per heavy atom. The predicted octanol–water partition coefficient (Wildman–Crippen LogP) is 1.11. The molecule has 74 valence electrons. The smallest absolute Gasteiger partial charge is 0.331 e. The Labute approximate surface area is 83.1 Å². The van der Waals surface area contributed by atoms with Gasteiger partial charge in [0.15, 0.2) is 0 Å². The highest BCUT2D eigenvalue weighted by molar-refractivity contribution is 7.99. The van der Waals surface area contributed by atoms with Gasteiger partial charge in [0.2, 0.25) is 0 Å². The number of nitrogens with zero attached hydrogens (tertiary/aromatic N) is 1. The summed E-state index contributed by atoms with van der Waals surface area (Å²) in [6.07, 6.45) is 4.46. The predicted molar refractivity (Wildman–Crippen MR) is 54.6 cm³/mol. The molecule has 1 unspecified atom stereocenters. The van der Waals surface area contributed by atoms with Crippen molar-refractivity contribution in [3.63, 3.8) is 0 Å². The number of carbonyl (C=O) groups is 1. The van der Waals surface area contributed by atoms with E-state index in [0.29, 0.717) is 6.04 Å². The molecular weight excluding hydrogens is 186 g/mol. The van der Waals surface area contributed by atoms with Crippen LogP contribution in [0.15, 0.2) is 12.3 Å². The zero-order valence-corrected chi connectivity index (χ0v) is 8.84. The van der Waals surface area contributed by atoms with Gasteiger partial charge in [-0.05, 0) is 12.2 Å². The van der Waals surface area contributed by atoms with Crippen molar-refractivity contribution >= 4 is 17.7 Å². The number of thioether (sulfide) groups is 1. The number of hydrogen-bond donors (Lipinski definition) is 0. The van der Waals surface area contributed by atoms with Crippen LogP contribution in [0.5, 0.6) is 0 Å². The molecule has 0 N–H and O–H groups in total. The first-order valence-electron chi connectivity index (χ1n) is 4.30. The summed E-state index contributed by atoms with van der Waals surface area (Å²) in [4.78, 5) is 12.9. The maximum Gasteiger partial charge on any atom is 0.331 e. The molecule has 1 rings (SSSR count). The summed E-state index contributed by atoms with van der Waals surface area (Å²) in [5.74, 6) is 2.08. The summed E-state index contributed by atoms with van der Waals surface area (Å²) < 4.78 is 4.51. The number of esters is 1. The van der Waals surface area contributed by atoms with Crippen LogP contribution in [0.25, 0.3) is 0 Å². The van der Waals surface area contributed by atoms with E-state index in [0.717, 1.165) is 5.75 Å². The van der Waals surface area contributed by atoms with Gasteiger partial charge < -0.3 is 9.64 Å². The van der Waals surface area contributed by atoms with E-state index in [9.17, 15) is 4.79 Å². The quantitative estimate of drug-likeness (QED) is 0.505. The zero-order valence-electron chi connectivity index (χ0n) is 8.03. The number of hydrogen-bond acceptors (Lipinski definition) is 4. The van der Waals surface area contributed by atoms with E-state index in [1.54, 1.807) is 6.20 Å². The Morgan fingerprint density at radius 2 is 2.46 bits per heavy atom. The van der Waals surface area contributed by atoms with Gasteiger partial charge >= 0.3 is 5.97 Å². The molecule has 1 aliphatic rings. The first-order chi connectivity index (χ1) is 6.24. The van der Waals surface area contributed by atoms with Gasteiger partial charge in [0, 0.05) is 31.1 Å². The van der Waals surface area contributed by atoms with E-state index in [2.05, 4.69) is 9.64 Å². The summed E-state index contributed by atoms with van der Waals surface area (Å²) in [6.45, 7) is 0. The largest absolute Gasteiger partial charge is 0.466 e. The lowest BCUT2D eigenvalue weighted by atomic mass is 10.2. The summed E-state index contributed by atoms with van der Waals surface area (Å²) in [7, 11) is 3.38. The normalized spacial score (nSPS) is 22.2. The third-order valence-corrected chi connectivity index (χ3v) is 3.27. The fraction of sp³-hybridized carbons (Fsp3) is 0.667. The molecule has 0 saturated carbocycles. The van der Waals surface area contributed by atoms with E-state index >= 15 is 0 Å². The average Bonchev–Trinajstić information content (AvgIpc) is 2.66. The Morgan fingerprint density at radius 1 is 1.69 bits per heavy atom. The van der Waals surface area contributed by atoms with Crippen LogP contribution in [0.1, 0.15) is 6.42 Å². The summed E-state index contributed by atoms with van der Waals surface area (Å²) >= 11 is 1.96. The minimum absolute atomic E-state index is 0.294. The fourth-order valence-electron chi connectivity index (χ4n) is 1.21. The highest BCUT2D eigenvalue weighted by Crippen LogP contribution is 2.21. The maximum absolute atomic E-state index is 10.8. The van der Waals surface area contributed by atoms with Crippen molar-refractivity contribution in [2.24, 2.45) is 0 Å². The van der Waals surface area contributed by atoms with Crippen LogP contribution in [0.3, 0.4) is 0 Å². The molecule has 4 heteroatoms. The molecule has 0 aromatic carbocycles. The summed E-state index contributed by atoms with van der Waals surface area (Å²) in [5, 5.41) is 0. The zero-order chi connectivity index (χ0) is 9.68. The lowest BCUT2D eigenvalue weighted by molar-refractivity contribution is -0.134. The Kier molecular flexibility index (Phi) is 4.15. The molecule has 0 spiro atoms. The van der Waals surface area contributed by atoms with E-state index in [1.807, 2.05) is 18.8 Å². The van der Waals surface area contributed by atoms with E-state index in [4.69, 9.17) is 0 Å². The highest BCUT2D eigenvalue weighted by Gasteiger charge is 2.17.